The zero-order chi connectivity index (χ0) is 14.3. The number of nitrogens with one attached hydrogen (secondary N) is 3. The quantitative estimate of drug-likeness (QED) is 0.723. The third kappa shape index (κ3) is 4.99. The normalized spacial score (nSPS) is 10.1. The highest BCUT2D eigenvalue weighted by atomic mass is 16.2. The number of anilines is 1. The molecule has 0 aliphatic carbocycles. The van der Waals surface area contributed by atoms with Crippen molar-refractivity contribution in [2.45, 2.75) is 13.8 Å². The molecule has 0 atom stereocenters. The Morgan fingerprint density at radius 1 is 1.16 bits per heavy atom. The van der Waals surface area contributed by atoms with Gasteiger partial charge in [0.25, 0.3) is 5.91 Å². The number of benzene rings is 1. The zero-order valence-electron chi connectivity index (χ0n) is 11.6. The van der Waals surface area contributed by atoms with Crippen LogP contribution in [-0.4, -0.2) is 32.0 Å². The van der Waals surface area contributed by atoms with Crippen molar-refractivity contribution in [2.75, 3.05) is 25.5 Å². The zero-order valence-corrected chi connectivity index (χ0v) is 11.6. The summed E-state index contributed by atoms with van der Waals surface area (Å²) < 4.78 is 0. The predicted molar refractivity (Wildman–Crippen MR) is 76.2 cm³/mol. The maximum Gasteiger partial charge on any atom is 0.253 e. The molecule has 1 rings (SSSR count). The van der Waals surface area contributed by atoms with E-state index in [1.807, 2.05) is 26.0 Å². The first-order valence-corrected chi connectivity index (χ1v) is 6.36. The van der Waals surface area contributed by atoms with Crippen LogP contribution in [0, 0.1) is 5.92 Å². The van der Waals surface area contributed by atoms with Gasteiger partial charge < -0.3 is 16.0 Å². The molecule has 0 aliphatic heterocycles. The van der Waals surface area contributed by atoms with E-state index in [4.69, 9.17) is 0 Å². The summed E-state index contributed by atoms with van der Waals surface area (Å²) in [4.78, 5) is 23.4. The maximum absolute atomic E-state index is 11.9. The van der Waals surface area contributed by atoms with Crippen molar-refractivity contribution >= 4 is 17.5 Å². The molecule has 3 N–H and O–H groups in total. The Kier molecular flexibility index (Phi) is 5.85. The molecular weight excluding hydrogens is 242 g/mol. The number of para-hydroxylation sites is 1. The Balaban J connectivity index is 2.49. The molecule has 0 aromatic heterocycles. The van der Waals surface area contributed by atoms with Crippen molar-refractivity contribution in [3.05, 3.63) is 29.8 Å². The Morgan fingerprint density at radius 2 is 1.84 bits per heavy atom. The highest BCUT2D eigenvalue weighted by molar-refractivity contribution is 6.01. The van der Waals surface area contributed by atoms with Crippen molar-refractivity contribution in [3.8, 4) is 0 Å². The lowest BCUT2D eigenvalue weighted by molar-refractivity contribution is -0.120. The summed E-state index contributed by atoms with van der Waals surface area (Å²) >= 11 is 0. The van der Waals surface area contributed by atoms with Crippen molar-refractivity contribution in [1.82, 2.24) is 10.6 Å². The molecule has 0 unspecified atom stereocenters. The third-order valence-corrected chi connectivity index (χ3v) is 2.56. The highest BCUT2D eigenvalue weighted by Gasteiger charge is 2.11. The SMILES string of the molecule is CNc1ccccc1C(=O)NCC(=O)NCC(C)C. The lowest BCUT2D eigenvalue weighted by Crippen LogP contribution is -2.38. The molecule has 1 aromatic rings. The van der Waals surface area contributed by atoms with E-state index in [2.05, 4.69) is 16.0 Å². The molecule has 0 aliphatic rings. The fourth-order valence-electron chi connectivity index (χ4n) is 1.54. The first kappa shape index (κ1) is 15.0. The molecule has 0 spiro atoms. The van der Waals surface area contributed by atoms with Crippen LogP contribution in [0.25, 0.3) is 0 Å². The number of rotatable bonds is 6. The summed E-state index contributed by atoms with van der Waals surface area (Å²) in [5, 5.41) is 8.30. The Morgan fingerprint density at radius 3 is 2.47 bits per heavy atom. The molecule has 5 nitrogen and oxygen atoms in total. The molecule has 0 fully saturated rings. The van der Waals surface area contributed by atoms with Crippen LogP contribution >= 0.6 is 0 Å². The van der Waals surface area contributed by atoms with Gasteiger partial charge in [0.2, 0.25) is 5.91 Å². The van der Waals surface area contributed by atoms with Crippen LogP contribution in [0.2, 0.25) is 0 Å². The van der Waals surface area contributed by atoms with Gasteiger partial charge >= 0.3 is 0 Å². The van der Waals surface area contributed by atoms with Gasteiger partial charge in [-0.15, -0.1) is 0 Å². The van der Waals surface area contributed by atoms with E-state index in [0.29, 0.717) is 18.0 Å². The van der Waals surface area contributed by atoms with Crippen LogP contribution in [0.4, 0.5) is 5.69 Å². The van der Waals surface area contributed by atoms with Crippen LogP contribution in [-0.2, 0) is 4.79 Å². The van der Waals surface area contributed by atoms with Gasteiger partial charge in [0.1, 0.15) is 0 Å². The van der Waals surface area contributed by atoms with Crippen LogP contribution < -0.4 is 16.0 Å². The molecule has 0 heterocycles. The van der Waals surface area contributed by atoms with E-state index in [0.717, 1.165) is 5.69 Å². The van der Waals surface area contributed by atoms with Gasteiger partial charge in [0, 0.05) is 19.3 Å². The number of carbonyl (C=O) groups is 2. The second kappa shape index (κ2) is 7.41. The van der Waals surface area contributed by atoms with Gasteiger partial charge in [0.05, 0.1) is 12.1 Å². The van der Waals surface area contributed by atoms with Gasteiger partial charge in [-0.3, -0.25) is 9.59 Å². The van der Waals surface area contributed by atoms with Crippen LogP contribution in [0.3, 0.4) is 0 Å². The summed E-state index contributed by atoms with van der Waals surface area (Å²) in [5.41, 5.74) is 1.27. The minimum absolute atomic E-state index is 0.0103. The largest absolute Gasteiger partial charge is 0.387 e. The van der Waals surface area contributed by atoms with Crippen molar-refractivity contribution in [3.63, 3.8) is 0 Å². The number of hydrogen-bond acceptors (Lipinski definition) is 3. The van der Waals surface area contributed by atoms with Crippen LogP contribution in [0.5, 0.6) is 0 Å². The standard InChI is InChI=1S/C14H21N3O2/c1-10(2)8-16-13(18)9-17-14(19)11-6-4-5-7-12(11)15-3/h4-7,10,15H,8-9H2,1-3H3,(H,16,18)(H,17,19). The molecule has 19 heavy (non-hydrogen) atoms. The van der Waals surface area contributed by atoms with Gasteiger partial charge in [-0.1, -0.05) is 26.0 Å². The molecule has 104 valence electrons. The minimum Gasteiger partial charge on any atom is -0.387 e. The highest BCUT2D eigenvalue weighted by Crippen LogP contribution is 2.13. The Labute approximate surface area is 113 Å². The number of carbonyl (C=O) groups excluding carboxylic acids is 2. The Bertz CT molecular complexity index is 444. The second-order valence-corrected chi connectivity index (χ2v) is 4.68. The minimum atomic E-state index is -0.260. The van der Waals surface area contributed by atoms with E-state index in [9.17, 15) is 9.59 Å². The van der Waals surface area contributed by atoms with Gasteiger partial charge in [0.15, 0.2) is 0 Å². The molecule has 0 saturated heterocycles. The maximum atomic E-state index is 11.9. The average molecular weight is 263 g/mol. The lowest BCUT2D eigenvalue weighted by Gasteiger charge is -2.10. The molecule has 1 aromatic carbocycles. The van der Waals surface area contributed by atoms with Crippen molar-refractivity contribution in [2.24, 2.45) is 5.92 Å². The number of hydrogen-bond donors (Lipinski definition) is 3. The first-order chi connectivity index (χ1) is 9.04. The fraction of sp³-hybridized carbons (Fsp3) is 0.429. The number of amides is 2. The van der Waals surface area contributed by atoms with Gasteiger partial charge in [-0.2, -0.15) is 0 Å². The van der Waals surface area contributed by atoms with E-state index in [1.54, 1.807) is 19.2 Å². The summed E-state index contributed by atoms with van der Waals surface area (Å²) in [6, 6.07) is 7.16. The van der Waals surface area contributed by atoms with E-state index < -0.39 is 0 Å². The second-order valence-electron chi connectivity index (χ2n) is 4.68. The molecule has 0 bridgehead atoms. The summed E-state index contributed by atoms with van der Waals surface area (Å²) in [5.74, 6) is -0.0432. The first-order valence-electron chi connectivity index (χ1n) is 6.36. The monoisotopic (exact) mass is 263 g/mol. The smallest absolute Gasteiger partial charge is 0.253 e. The topological polar surface area (TPSA) is 70.2 Å². The Hall–Kier alpha value is -2.04. The van der Waals surface area contributed by atoms with Crippen molar-refractivity contribution < 1.29 is 9.59 Å². The van der Waals surface area contributed by atoms with Crippen molar-refractivity contribution in [1.29, 1.82) is 0 Å². The van der Waals surface area contributed by atoms with Gasteiger partial charge in [-0.05, 0) is 18.1 Å². The molecule has 0 saturated carbocycles. The van der Waals surface area contributed by atoms with Gasteiger partial charge in [-0.25, -0.2) is 0 Å². The van der Waals surface area contributed by atoms with Crippen LogP contribution in [0.15, 0.2) is 24.3 Å². The van der Waals surface area contributed by atoms with E-state index in [-0.39, 0.29) is 18.4 Å². The fourth-order valence-corrected chi connectivity index (χ4v) is 1.54. The lowest BCUT2D eigenvalue weighted by atomic mass is 10.1. The average Bonchev–Trinajstić information content (AvgIpc) is 2.42. The van der Waals surface area contributed by atoms with E-state index in [1.165, 1.54) is 0 Å². The summed E-state index contributed by atoms with van der Waals surface area (Å²) in [7, 11) is 1.75. The van der Waals surface area contributed by atoms with Crippen LogP contribution in [0.1, 0.15) is 24.2 Å². The third-order valence-electron chi connectivity index (χ3n) is 2.56. The predicted octanol–water partition coefficient (Wildman–Crippen LogP) is 1.23. The molecular formula is C14H21N3O2. The van der Waals surface area contributed by atoms with E-state index >= 15 is 0 Å². The molecule has 0 radical (unpaired) electrons. The molecule has 5 heteroatoms. The molecule has 2 amide bonds. The summed E-state index contributed by atoms with van der Waals surface area (Å²) in [6.45, 7) is 4.63. The summed E-state index contributed by atoms with van der Waals surface area (Å²) in [6.07, 6.45) is 0.